The largest absolute Gasteiger partial charge is 0.469 e. The molecule has 3 atom stereocenters. The number of piperidine rings is 1. The molecule has 0 radical (unpaired) electrons. The Hall–Kier alpha value is -0.800. The first kappa shape index (κ1) is 12.7. The van der Waals surface area contributed by atoms with E-state index in [4.69, 9.17) is 10.2 Å². The van der Waals surface area contributed by atoms with Crippen molar-refractivity contribution in [3.05, 3.63) is 24.2 Å². The van der Waals surface area contributed by atoms with Gasteiger partial charge in [-0.25, -0.2) is 0 Å². The fourth-order valence-electron chi connectivity index (χ4n) is 2.93. The molecule has 2 heterocycles. The van der Waals surface area contributed by atoms with Gasteiger partial charge in [-0.05, 0) is 45.4 Å². The summed E-state index contributed by atoms with van der Waals surface area (Å²) in [4.78, 5) is 2.57. The third-order valence-electron chi connectivity index (χ3n) is 3.84. The predicted molar refractivity (Wildman–Crippen MR) is 69.9 cm³/mol. The molecule has 3 unspecified atom stereocenters. The molecule has 2 N–H and O–H groups in total. The lowest BCUT2D eigenvalue weighted by Crippen LogP contribution is -2.53. The van der Waals surface area contributed by atoms with Crippen LogP contribution in [0.1, 0.15) is 38.9 Å². The smallest absolute Gasteiger partial charge is 0.105 e. The maximum Gasteiger partial charge on any atom is 0.105 e. The first-order valence-electron chi connectivity index (χ1n) is 6.72. The van der Waals surface area contributed by atoms with Gasteiger partial charge in [-0.15, -0.1) is 0 Å². The zero-order valence-electron chi connectivity index (χ0n) is 10.9. The van der Waals surface area contributed by atoms with E-state index in [0.717, 1.165) is 12.2 Å². The second-order valence-corrected chi connectivity index (χ2v) is 5.29. The second-order valence-electron chi connectivity index (χ2n) is 5.29. The Balaban J connectivity index is 1.98. The quantitative estimate of drug-likeness (QED) is 0.873. The summed E-state index contributed by atoms with van der Waals surface area (Å²) in [6, 6.07) is 5.32. The van der Waals surface area contributed by atoms with Crippen LogP contribution in [0.25, 0.3) is 0 Å². The molecule has 1 saturated heterocycles. The zero-order valence-corrected chi connectivity index (χ0v) is 10.9. The number of furan rings is 1. The second kappa shape index (κ2) is 5.69. The highest BCUT2D eigenvalue weighted by Gasteiger charge is 2.29. The van der Waals surface area contributed by atoms with Crippen molar-refractivity contribution in [2.75, 3.05) is 6.54 Å². The number of hydrogen-bond donors (Lipinski definition) is 1. The number of rotatable bonds is 4. The molecule has 0 spiro atoms. The van der Waals surface area contributed by atoms with Crippen molar-refractivity contribution in [3.63, 3.8) is 0 Å². The predicted octanol–water partition coefficient (Wildman–Crippen LogP) is 2.41. The third kappa shape index (κ3) is 3.11. The molecule has 0 aliphatic carbocycles. The maximum absolute atomic E-state index is 6.10. The van der Waals surface area contributed by atoms with Gasteiger partial charge in [0.2, 0.25) is 0 Å². The fourth-order valence-corrected chi connectivity index (χ4v) is 2.93. The van der Waals surface area contributed by atoms with Crippen LogP contribution >= 0.6 is 0 Å². The van der Waals surface area contributed by atoms with E-state index in [9.17, 15) is 0 Å². The van der Waals surface area contributed by atoms with E-state index in [0.29, 0.717) is 12.1 Å². The Bertz CT molecular complexity index is 321. The van der Waals surface area contributed by atoms with Crippen LogP contribution in [-0.4, -0.2) is 29.6 Å². The summed E-state index contributed by atoms with van der Waals surface area (Å²) in [5, 5.41) is 0. The van der Waals surface area contributed by atoms with E-state index in [1.54, 1.807) is 6.26 Å². The minimum absolute atomic E-state index is 0.259. The molecule has 1 aliphatic rings. The highest BCUT2D eigenvalue weighted by molar-refractivity contribution is 5.01. The van der Waals surface area contributed by atoms with Crippen LogP contribution in [0.4, 0.5) is 0 Å². The average Bonchev–Trinajstić information content (AvgIpc) is 2.81. The van der Waals surface area contributed by atoms with E-state index in [1.807, 2.05) is 6.07 Å². The Morgan fingerprint density at radius 3 is 2.94 bits per heavy atom. The molecule has 1 aliphatic heterocycles. The normalized spacial score (nSPS) is 25.7. The van der Waals surface area contributed by atoms with Gasteiger partial charge in [0.1, 0.15) is 5.76 Å². The summed E-state index contributed by atoms with van der Waals surface area (Å²) in [5.41, 5.74) is 6.10. The molecular formula is C14H24N2O. The molecule has 0 amide bonds. The Morgan fingerprint density at radius 2 is 2.29 bits per heavy atom. The minimum atomic E-state index is 0.259. The number of hydrogen-bond acceptors (Lipinski definition) is 3. The van der Waals surface area contributed by atoms with Gasteiger partial charge in [0, 0.05) is 24.5 Å². The lowest BCUT2D eigenvalue weighted by atomic mass is 9.94. The first-order chi connectivity index (χ1) is 8.18. The Labute approximate surface area is 104 Å². The van der Waals surface area contributed by atoms with Gasteiger partial charge in [-0.3, -0.25) is 4.90 Å². The zero-order chi connectivity index (χ0) is 12.3. The van der Waals surface area contributed by atoms with E-state index in [-0.39, 0.29) is 6.04 Å². The molecule has 1 fully saturated rings. The van der Waals surface area contributed by atoms with E-state index in [2.05, 4.69) is 24.8 Å². The molecule has 1 aromatic rings. The minimum Gasteiger partial charge on any atom is -0.469 e. The van der Waals surface area contributed by atoms with Crippen molar-refractivity contribution in [2.45, 2.75) is 57.7 Å². The Morgan fingerprint density at radius 1 is 1.47 bits per heavy atom. The Kier molecular flexibility index (Phi) is 4.24. The molecule has 3 heteroatoms. The van der Waals surface area contributed by atoms with Crippen LogP contribution in [0.15, 0.2) is 22.8 Å². The summed E-state index contributed by atoms with van der Waals surface area (Å²) in [6.45, 7) is 5.58. The summed E-state index contributed by atoms with van der Waals surface area (Å²) in [5.74, 6) is 1.08. The van der Waals surface area contributed by atoms with Crippen molar-refractivity contribution in [1.29, 1.82) is 0 Å². The molecule has 3 nitrogen and oxygen atoms in total. The monoisotopic (exact) mass is 236 g/mol. The van der Waals surface area contributed by atoms with Gasteiger partial charge < -0.3 is 10.2 Å². The van der Waals surface area contributed by atoms with Gasteiger partial charge in [-0.2, -0.15) is 0 Å². The molecule has 1 aromatic heterocycles. The topological polar surface area (TPSA) is 42.4 Å². The van der Waals surface area contributed by atoms with E-state index in [1.165, 1.54) is 25.8 Å². The van der Waals surface area contributed by atoms with Crippen molar-refractivity contribution in [2.24, 2.45) is 5.73 Å². The van der Waals surface area contributed by atoms with Crippen molar-refractivity contribution in [1.82, 2.24) is 4.90 Å². The molecular weight excluding hydrogens is 212 g/mol. The summed E-state index contributed by atoms with van der Waals surface area (Å²) in [6.07, 6.45) is 6.58. The molecule has 0 saturated carbocycles. The highest BCUT2D eigenvalue weighted by atomic mass is 16.3. The molecule has 0 aromatic carbocycles. The van der Waals surface area contributed by atoms with Crippen molar-refractivity contribution >= 4 is 0 Å². The van der Waals surface area contributed by atoms with Crippen molar-refractivity contribution < 1.29 is 4.42 Å². The number of nitrogens with zero attached hydrogens (tertiary/aromatic N) is 1. The van der Waals surface area contributed by atoms with Crippen LogP contribution in [0.3, 0.4) is 0 Å². The molecule has 17 heavy (non-hydrogen) atoms. The lowest BCUT2D eigenvalue weighted by Gasteiger charge is -2.41. The van der Waals surface area contributed by atoms with Crippen molar-refractivity contribution in [3.8, 4) is 0 Å². The van der Waals surface area contributed by atoms with Crippen LogP contribution in [0.2, 0.25) is 0 Å². The van der Waals surface area contributed by atoms with E-state index < -0.39 is 0 Å². The van der Waals surface area contributed by atoms with Gasteiger partial charge in [0.15, 0.2) is 0 Å². The molecule has 2 rings (SSSR count). The lowest BCUT2D eigenvalue weighted by molar-refractivity contribution is 0.0865. The van der Waals surface area contributed by atoms with Crippen LogP contribution in [0.5, 0.6) is 0 Å². The highest BCUT2D eigenvalue weighted by Crippen LogP contribution is 2.23. The summed E-state index contributed by atoms with van der Waals surface area (Å²) >= 11 is 0. The standard InChI is InChI=1S/C14H24N2O/c1-11(10-13-6-5-9-17-13)16-8-4-3-7-14(16)12(2)15/h5-6,9,11-12,14H,3-4,7-8,10,15H2,1-2H3. The molecule has 96 valence electrons. The fraction of sp³-hybridized carbons (Fsp3) is 0.714. The first-order valence-corrected chi connectivity index (χ1v) is 6.72. The van der Waals surface area contributed by atoms with Crippen LogP contribution in [-0.2, 0) is 6.42 Å². The number of nitrogens with two attached hydrogens (primary N) is 1. The number of likely N-dealkylation sites (tertiary alicyclic amines) is 1. The van der Waals surface area contributed by atoms with Crippen LogP contribution < -0.4 is 5.73 Å². The SMILES string of the molecule is CC(N)C1CCCCN1C(C)Cc1ccco1. The van der Waals surface area contributed by atoms with Gasteiger partial charge in [0.05, 0.1) is 6.26 Å². The van der Waals surface area contributed by atoms with Gasteiger partial charge >= 0.3 is 0 Å². The van der Waals surface area contributed by atoms with Crippen LogP contribution in [0, 0.1) is 0 Å². The molecule has 0 bridgehead atoms. The van der Waals surface area contributed by atoms with E-state index >= 15 is 0 Å². The average molecular weight is 236 g/mol. The van der Waals surface area contributed by atoms with Gasteiger partial charge in [-0.1, -0.05) is 6.42 Å². The maximum atomic E-state index is 6.10. The summed E-state index contributed by atoms with van der Waals surface area (Å²) < 4.78 is 5.43. The third-order valence-corrected chi connectivity index (χ3v) is 3.84. The summed E-state index contributed by atoms with van der Waals surface area (Å²) in [7, 11) is 0. The van der Waals surface area contributed by atoms with Gasteiger partial charge in [0.25, 0.3) is 0 Å².